The van der Waals surface area contributed by atoms with Gasteiger partial charge in [-0.3, -0.25) is 9.59 Å². The number of aromatic nitrogens is 2. The highest BCUT2D eigenvalue weighted by atomic mass is 35.5. The number of halogens is 2. The van der Waals surface area contributed by atoms with Crippen LogP contribution in [0.3, 0.4) is 0 Å². The van der Waals surface area contributed by atoms with Crippen molar-refractivity contribution in [2.45, 2.75) is 110 Å². The van der Waals surface area contributed by atoms with Crippen molar-refractivity contribution in [3.8, 4) is 22.4 Å². The van der Waals surface area contributed by atoms with Crippen LogP contribution in [0.1, 0.15) is 91.1 Å². The van der Waals surface area contributed by atoms with E-state index in [0.717, 1.165) is 40.0 Å². The van der Waals surface area contributed by atoms with Crippen LogP contribution in [0.4, 0.5) is 9.59 Å². The number of aliphatic imine (C=N–C) groups is 1. The van der Waals surface area contributed by atoms with Gasteiger partial charge in [-0.15, -0.1) is 0 Å². The number of alkyl carbamates (subject to hydrolysis) is 2. The maximum atomic E-state index is 13.8. The van der Waals surface area contributed by atoms with Crippen LogP contribution in [0, 0.1) is 11.8 Å². The quantitative estimate of drug-likeness (QED) is 0.164. The first-order chi connectivity index (χ1) is 27.7. The highest BCUT2D eigenvalue weighted by Crippen LogP contribution is 2.42. The van der Waals surface area contributed by atoms with Gasteiger partial charge in [0.05, 0.1) is 26.3 Å². The number of carbonyl (C=O) groups is 4. The Hall–Kier alpha value is -4.88. The van der Waals surface area contributed by atoms with Crippen molar-refractivity contribution in [3.05, 3.63) is 70.2 Å². The van der Waals surface area contributed by atoms with Crippen LogP contribution in [-0.4, -0.2) is 93.9 Å². The number of rotatable bonds is 11. The Balaban J connectivity index is 1.14. The second-order valence-corrected chi connectivity index (χ2v) is 16.3. The molecule has 2 aromatic carbocycles. The number of H-pyrrole nitrogens is 1. The summed E-state index contributed by atoms with van der Waals surface area (Å²) < 4.78 is 9.52. The van der Waals surface area contributed by atoms with E-state index < -0.39 is 24.3 Å². The van der Waals surface area contributed by atoms with Crippen molar-refractivity contribution in [1.29, 1.82) is 0 Å². The number of imidazole rings is 1. The maximum Gasteiger partial charge on any atom is 0.407 e. The lowest BCUT2D eigenvalue weighted by Crippen LogP contribution is -2.53. The first-order valence-electron chi connectivity index (χ1n) is 20.0. The zero-order valence-corrected chi connectivity index (χ0v) is 35.8. The highest BCUT2D eigenvalue weighted by molar-refractivity contribution is 6.35. The molecule has 58 heavy (non-hydrogen) atoms. The molecule has 15 heteroatoms. The molecule has 0 bridgehead atoms. The normalized spacial score (nSPS) is 24.1. The molecular weight excluding hydrogens is 781 g/mol. The van der Waals surface area contributed by atoms with Gasteiger partial charge >= 0.3 is 12.2 Å². The molecule has 2 fully saturated rings. The lowest BCUT2D eigenvalue weighted by Gasteiger charge is -2.32. The molecule has 6 rings (SSSR count). The summed E-state index contributed by atoms with van der Waals surface area (Å²) in [5.41, 5.74) is 6.11. The second kappa shape index (κ2) is 17.9. The number of nitrogens with one attached hydrogen (secondary N) is 3. The molecule has 3 aromatic rings. The molecule has 3 N–H and O–H groups in total. The number of benzene rings is 2. The molecule has 0 saturated carbocycles. The van der Waals surface area contributed by atoms with E-state index in [1.807, 2.05) is 86.0 Å². The lowest BCUT2D eigenvalue weighted by atomic mass is 9.95. The smallest absolute Gasteiger partial charge is 0.407 e. The summed E-state index contributed by atoms with van der Waals surface area (Å²) in [5, 5.41) is 6.14. The van der Waals surface area contributed by atoms with E-state index in [9.17, 15) is 19.2 Å². The first-order valence-corrected chi connectivity index (χ1v) is 20.7. The first kappa shape index (κ1) is 42.7. The zero-order valence-electron chi connectivity index (χ0n) is 34.3. The van der Waals surface area contributed by atoms with Crippen LogP contribution in [0.25, 0.3) is 28.0 Å². The predicted octanol–water partition coefficient (Wildman–Crippen LogP) is 8.34. The van der Waals surface area contributed by atoms with Gasteiger partial charge in [-0.25, -0.2) is 19.6 Å². The van der Waals surface area contributed by atoms with Gasteiger partial charge < -0.3 is 34.9 Å². The minimum Gasteiger partial charge on any atom is -0.453 e. The molecule has 8 atom stereocenters. The van der Waals surface area contributed by atoms with Crippen LogP contribution in [0.2, 0.25) is 5.15 Å². The summed E-state index contributed by atoms with van der Waals surface area (Å²) >= 11 is 13.5. The molecule has 0 spiro atoms. The molecular formula is C43H53Cl2N7O6. The molecule has 0 unspecified atom stereocenters. The zero-order chi connectivity index (χ0) is 42.0. The van der Waals surface area contributed by atoms with Crippen molar-refractivity contribution in [2.24, 2.45) is 16.8 Å². The third-order valence-electron chi connectivity index (χ3n) is 12.2. The van der Waals surface area contributed by atoms with E-state index in [0.29, 0.717) is 47.5 Å². The second-order valence-electron chi connectivity index (χ2n) is 15.6. The number of nitrogens with zero attached hydrogens (tertiary/aromatic N) is 4. The van der Waals surface area contributed by atoms with E-state index in [2.05, 4.69) is 29.5 Å². The van der Waals surface area contributed by atoms with Crippen molar-refractivity contribution < 1.29 is 28.7 Å². The van der Waals surface area contributed by atoms with E-state index >= 15 is 0 Å². The minimum absolute atomic E-state index is 0.0360. The van der Waals surface area contributed by atoms with Gasteiger partial charge in [0.15, 0.2) is 0 Å². The Morgan fingerprint density at radius 3 is 1.67 bits per heavy atom. The summed E-state index contributed by atoms with van der Waals surface area (Å²) in [7, 11) is 2.56. The third kappa shape index (κ3) is 8.47. The van der Waals surface area contributed by atoms with Crippen LogP contribution >= 0.6 is 23.2 Å². The monoisotopic (exact) mass is 833 g/mol. The average molecular weight is 835 g/mol. The Morgan fingerprint density at radius 1 is 0.741 bits per heavy atom. The van der Waals surface area contributed by atoms with Crippen LogP contribution in [0.5, 0.6) is 0 Å². The average Bonchev–Trinajstić information content (AvgIpc) is 3.97. The van der Waals surface area contributed by atoms with Gasteiger partial charge in [-0.2, -0.15) is 0 Å². The number of hydrogen-bond acceptors (Lipinski definition) is 8. The van der Waals surface area contributed by atoms with Gasteiger partial charge in [0.1, 0.15) is 33.9 Å². The van der Waals surface area contributed by atoms with Crippen LogP contribution in [-0.2, 0) is 19.1 Å². The number of carbonyl (C=O) groups excluding carboxylic acids is 4. The number of amides is 4. The Labute approximate surface area is 349 Å². The van der Waals surface area contributed by atoms with Gasteiger partial charge in [-0.1, -0.05) is 99.4 Å². The topological polar surface area (TPSA) is 158 Å². The fraction of sp³-hybridized carbons (Fsp3) is 0.488. The number of hydrogen-bond donors (Lipinski definition) is 3. The minimum atomic E-state index is -0.724. The lowest BCUT2D eigenvalue weighted by molar-refractivity contribution is -0.137. The molecule has 0 radical (unpaired) electrons. The summed E-state index contributed by atoms with van der Waals surface area (Å²) in [6.07, 6.45) is 1.53. The number of likely N-dealkylation sites (tertiary alicyclic amines) is 2. The molecule has 0 aliphatic carbocycles. The Bertz CT molecular complexity index is 2080. The van der Waals surface area contributed by atoms with Crippen molar-refractivity contribution in [1.82, 2.24) is 30.4 Å². The fourth-order valence-electron chi connectivity index (χ4n) is 8.43. The van der Waals surface area contributed by atoms with E-state index in [-0.39, 0.29) is 47.8 Å². The molecule has 2 saturated heterocycles. The molecule has 13 nitrogen and oxygen atoms in total. The Kier molecular flexibility index (Phi) is 13.2. The summed E-state index contributed by atoms with van der Waals surface area (Å²) in [6.45, 7) is 12.0. The standard InChI is InChI=1S/C43H53Cl2N7O6/c1-9-31(47-42(55)57-7)40(53)51-24(5)22(3)19-34(51)33-21-30(37(44)46-33)28-15-11-26(12-16-28)27-13-17-29(18-14-27)36-38(45)50-39(49-36)35-20-23(4)25(6)52(35)41(54)32(10-2)48-43(56)58-8/h11-18,22-25,31-32,34-35H,9-10,19-21H2,1-8H3,(H,47,55)(H,48,56)(H,49,50)/t22-,23-,24+,25+,31+,32+,34+,35+/m1/s1. The van der Waals surface area contributed by atoms with Gasteiger partial charge in [-0.05, 0) is 68.1 Å². The molecule has 310 valence electrons. The summed E-state index contributed by atoms with van der Waals surface area (Å²) in [4.78, 5) is 68.1. The molecule has 3 aliphatic heterocycles. The maximum absolute atomic E-state index is 13.8. The summed E-state index contributed by atoms with van der Waals surface area (Å²) in [6, 6.07) is 14.0. The van der Waals surface area contributed by atoms with Crippen LogP contribution < -0.4 is 10.6 Å². The van der Waals surface area contributed by atoms with E-state index in [1.54, 1.807) is 0 Å². The van der Waals surface area contributed by atoms with Gasteiger partial charge in [0.2, 0.25) is 11.8 Å². The fourth-order valence-corrected chi connectivity index (χ4v) is 8.96. The Morgan fingerprint density at radius 2 is 1.19 bits per heavy atom. The molecule has 4 amide bonds. The van der Waals surface area contributed by atoms with Gasteiger partial charge in [0, 0.05) is 35.4 Å². The van der Waals surface area contributed by atoms with E-state index in [1.165, 1.54) is 14.2 Å². The third-order valence-corrected chi connectivity index (χ3v) is 12.8. The number of aromatic amines is 1. The van der Waals surface area contributed by atoms with Crippen LogP contribution in [0.15, 0.2) is 58.7 Å². The molecule has 3 aliphatic rings. The largest absolute Gasteiger partial charge is 0.453 e. The van der Waals surface area contributed by atoms with Crippen molar-refractivity contribution >= 4 is 58.5 Å². The summed E-state index contributed by atoms with van der Waals surface area (Å²) in [5.74, 6) is 0.703. The van der Waals surface area contributed by atoms with Crippen molar-refractivity contribution in [3.63, 3.8) is 0 Å². The predicted molar refractivity (Wildman–Crippen MR) is 225 cm³/mol. The number of allylic oxidation sites excluding steroid dienone is 1. The number of ether oxygens (including phenoxy) is 2. The molecule has 4 heterocycles. The number of methoxy groups -OCH3 is 2. The van der Waals surface area contributed by atoms with Crippen molar-refractivity contribution in [2.75, 3.05) is 14.2 Å². The molecule has 1 aromatic heterocycles. The SMILES string of the molecule is CC[C@H](NC(=O)OC)C(=O)N1[C@H](C2=NC(Cl)=C(c3ccc(-c4ccc(-c5nc([C@@H]6C[C@@H](C)[C@H](C)N6C(=O)[C@H](CC)NC(=O)OC)[nH]c5Cl)cc4)cc3)C2)C[C@@H](C)[C@@H]1C. The highest BCUT2D eigenvalue weighted by Gasteiger charge is 2.46. The van der Waals surface area contributed by atoms with E-state index in [4.69, 9.17) is 42.7 Å². The van der Waals surface area contributed by atoms with Gasteiger partial charge in [0.25, 0.3) is 0 Å².